The van der Waals surface area contributed by atoms with Crippen LogP contribution in [-0.2, 0) is 9.59 Å². The van der Waals surface area contributed by atoms with Crippen molar-refractivity contribution in [3.05, 3.63) is 23.2 Å². The van der Waals surface area contributed by atoms with E-state index in [1.165, 1.54) is 0 Å². The van der Waals surface area contributed by atoms with Crippen LogP contribution in [0, 0.1) is 0 Å². The van der Waals surface area contributed by atoms with E-state index in [4.69, 9.17) is 17.3 Å². The van der Waals surface area contributed by atoms with Crippen molar-refractivity contribution in [1.29, 1.82) is 0 Å². The lowest BCUT2D eigenvalue weighted by Gasteiger charge is -2.17. The summed E-state index contributed by atoms with van der Waals surface area (Å²) in [5.74, 6) is -0.383. The lowest BCUT2D eigenvalue weighted by Crippen LogP contribution is -2.41. The smallest absolute Gasteiger partial charge is 0.238 e. The Morgan fingerprint density at radius 2 is 1.90 bits per heavy atom. The number of carbonyl (C=O) groups excluding carboxylic acids is 2. The molecule has 0 radical (unpaired) electrons. The second-order valence-corrected chi connectivity index (χ2v) is 5.61. The molecule has 0 spiro atoms. The minimum atomic E-state index is -0.260. The first-order chi connectivity index (χ1) is 9.77. The molecule has 116 valence electrons. The fourth-order valence-electron chi connectivity index (χ4n) is 1.74. The summed E-state index contributed by atoms with van der Waals surface area (Å²) in [4.78, 5) is 25.1. The zero-order valence-electron chi connectivity index (χ0n) is 12.4. The molecule has 0 unspecified atom stereocenters. The van der Waals surface area contributed by atoms with Crippen molar-refractivity contribution >= 4 is 34.8 Å². The first-order valence-corrected chi connectivity index (χ1v) is 6.98. The van der Waals surface area contributed by atoms with Gasteiger partial charge in [0.1, 0.15) is 0 Å². The van der Waals surface area contributed by atoms with Crippen molar-refractivity contribution in [1.82, 2.24) is 10.2 Å². The average molecular weight is 313 g/mol. The van der Waals surface area contributed by atoms with Crippen LogP contribution in [0.4, 0.5) is 11.4 Å². The van der Waals surface area contributed by atoms with Crippen LogP contribution in [-0.4, -0.2) is 42.9 Å². The number of benzene rings is 1. The molecule has 6 nitrogen and oxygen atoms in total. The van der Waals surface area contributed by atoms with Gasteiger partial charge in [-0.3, -0.25) is 14.5 Å². The van der Waals surface area contributed by atoms with E-state index < -0.39 is 0 Å². The maximum atomic E-state index is 11.9. The van der Waals surface area contributed by atoms with Gasteiger partial charge in [0.2, 0.25) is 11.8 Å². The van der Waals surface area contributed by atoms with Crippen LogP contribution >= 0.6 is 11.6 Å². The highest BCUT2D eigenvalue weighted by molar-refractivity contribution is 6.31. The molecule has 1 aromatic rings. The van der Waals surface area contributed by atoms with Crippen molar-refractivity contribution < 1.29 is 9.59 Å². The molecule has 0 atom stereocenters. The van der Waals surface area contributed by atoms with Crippen LogP contribution in [0.3, 0.4) is 0 Å². The Labute approximate surface area is 129 Å². The fraction of sp³-hybridized carbons (Fsp3) is 0.429. The van der Waals surface area contributed by atoms with Gasteiger partial charge in [0.15, 0.2) is 0 Å². The molecule has 2 amide bonds. The van der Waals surface area contributed by atoms with Crippen LogP contribution < -0.4 is 16.4 Å². The third kappa shape index (κ3) is 6.46. The zero-order chi connectivity index (χ0) is 16.0. The highest BCUT2D eigenvalue weighted by Crippen LogP contribution is 2.22. The zero-order valence-corrected chi connectivity index (χ0v) is 13.2. The SMILES string of the molecule is CC(C)NC(=O)CN(C)CC(=O)Nc1cc(Cl)ccc1N. The molecule has 0 aliphatic heterocycles. The standard InChI is InChI=1S/C14H21ClN4O2/c1-9(2)17-13(20)7-19(3)8-14(21)18-12-6-10(15)4-5-11(12)16/h4-6,9H,7-8,16H2,1-3H3,(H,17,20)(H,18,21). The highest BCUT2D eigenvalue weighted by Gasteiger charge is 2.12. The summed E-state index contributed by atoms with van der Waals surface area (Å²) in [5, 5.41) is 5.93. The first-order valence-electron chi connectivity index (χ1n) is 6.60. The van der Waals surface area contributed by atoms with Gasteiger partial charge in [-0.05, 0) is 39.1 Å². The topological polar surface area (TPSA) is 87.5 Å². The number of anilines is 2. The summed E-state index contributed by atoms with van der Waals surface area (Å²) in [6, 6.07) is 4.93. The summed E-state index contributed by atoms with van der Waals surface area (Å²) in [6.07, 6.45) is 0. The van der Waals surface area contributed by atoms with Crippen LogP contribution in [0.15, 0.2) is 18.2 Å². The van der Waals surface area contributed by atoms with E-state index in [0.29, 0.717) is 16.4 Å². The number of nitrogens with one attached hydrogen (secondary N) is 2. The Balaban J connectivity index is 2.49. The van der Waals surface area contributed by atoms with Gasteiger partial charge in [-0.2, -0.15) is 0 Å². The molecule has 4 N–H and O–H groups in total. The predicted molar refractivity (Wildman–Crippen MR) is 85.3 cm³/mol. The van der Waals surface area contributed by atoms with Gasteiger partial charge in [0, 0.05) is 11.1 Å². The Morgan fingerprint density at radius 1 is 1.29 bits per heavy atom. The molecule has 1 rings (SSSR count). The van der Waals surface area contributed by atoms with Crippen molar-refractivity contribution in [3.8, 4) is 0 Å². The minimum Gasteiger partial charge on any atom is -0.397 e. The number of amides is 2. The number of carbonyl (C=O) groups is 2. The van der Waals surface area contributed by atoms with Crippen molar-refractivity contribution in [2.45, 2.75) is 19.9 Å². The first kappa shape index (κ1) is 17.3. The number of hydrogen-bond donors (Lipinski definition) is 3. The Hall–Kier alpha value is -1.79. The van der Waals surface area contributed by atoms with E-state index in [1.54, 1.807) is 30.1 Å². The molecule has 0 aliphatic rings. The molecule has 0 heterocycles. The van der Waals surface area contributed by atoms with E-state index in [0.717, 1.165) is 0 Å². The number of likely N-dealkylation sites (N-methyl/N-ethyl adjacent to an activating group) is 1. The molecule has 0 saturated carbocycles. The molecule has 21 heavy (non-hydrogen) atoms. The van der Waals surface area contributed by atoms with Crippen LogP contribution in [0.2, 0.25) is 5.02 Å². The second kappa shape index (κ2) is 7.85. The molecule has 0 bridgehead atoms. The van der Waals surface area contributed by atoms with Crippen LogP contribution in [0.5, 0.6) is 0 Å². The van der Waals surface area contributed by atoms with Gasteiger partial charge in [0.25, 0.3) is 0 Å². The molecule has 0 fully saturated rings. The second-order valence-electron chi connectivity index (χ2n) is 5.17. The van der Waals surface area contributed by atoms with Crippen molar-refractivity contribution in [2.24, 2.45) is 0 Å². The van der Waals surface area contributed by atoms with Crippen LogP contribution in [0.1, 0.15) is 13.8 Å². The largest absolute Gasteiger partial charge is 0.397 e. The van der Waals surface area contributed by atoms with Gasteiger partial charge in [-0.25, -0.2) is 0 Å². The normalized spacial score (nSPS) is 10.8. The van der Waals surface area contributed by atoms with Gasteiger partial charge in [-0.1, -0.05) is 11.6 Å². The summed E-state index contributed by atoms with van der Waals surface area (Å²) >= 11 is 5.85. The number of nitrogens with zero attached hydrogens (tertiary/aromatic N) is 1. The summed E-state index contributed by atoms with van der Waals surface area (Å²) in [6.45, 7) is 3.99. The predicted octanol–water partition coefficient (Wildman–Crippen LogP) is 1.32. The fourth-order valence-corrected chi connectivity index (χ4v) is 1.91. The van der Waals surface area contributed by atoms with E-state index in [1.807, 2.05) is 13.8 Å². The molecule has 0 saturated heterocycles. The summed E-state index contributed by atoms with van der Waals surface area (Å²) in [5.41, 5.74) is 6.66. The van der Waals surface area contributed by atoms with Crippen molar-refractivity contribution in [2.75, 3.05) is 31.2 Å². The number of nitrogen functional groups attached to an aromatic ring is 1. The number of halogens is 1. The summed E-state index contributed by atoms with van der Waals surface area (Å²) in [7, 11) is 1.70. The maximum absolute atomic E-state index is 11.9. The van der Waals surface area contributed by atoms with E-state index in [2.05, 4.69) is 10.6 Å². The Kier molecular flexibility index (Phi) is 6.45. The lowest BCUT2D eigenvalue weighted by atomic mass is 10.2. The Bertz CT molecular complexity index is 520. The average Bonchev–Trinajstić information content (AvgIpc) is 2.32. The summed E-state index contributed by atoms with van der Waals surface area (Å²) < 4.78 is 0. The third-order valence-corrected chi connectivity index (χ3v) is 2.80. The van der Waals surface area contributed by atoms with Crippen LogP contribution in [0.25, 0.3) is 0 Å². The van der Waals surface area contributed by atoms with Gasteiger partial charge < -0.3 is 16.4 Å². The molecular formula is C14H21ClN4O2. The quantitative estimate of drug-likeness (QED) is 0.691. The van der Waals surface area contributed by atoms with Gasteiger partial charge >= 0.3 is 0 Å². The van der Waals surface area contributed by atoms with Gasteiger partial charge in [-0.15, -0.1) is 0 Å². The Morgan fingerprint density at radius 3 is 2.52 bits per heavy atom. The monoisotopic (exact) mass is 312 g/mol. The van der Waals surface area contributed by atoms with Gasteiger partial charge in [0.05, 0.1) is 24.5 Å². The highest BCUT2D eigenvalue weighted by atomic mass is 35.5. The number of rotatable bonds is 6. The van der Waals surface area contributed by atoms with E-state index >= 15 is 0 Å². The van der Waals surface area contributed by atoms with E-state index in [-0.39, 0.29) is 30.9 Å². The maximum Gasteiger partial charge on any atom is 0.238 e. The van der Waals surface area contributed by atoms with E-state index in [9.17, 15) is 9.59 Å². The third-order valence-electron chi connectivity index (χ3n) is 2.57. The number of nitrogens with two attached hydrogens (primary N) is 1. The number of hydrogen-bond acceptors (Lipinski definition) is 4. The lowest BCUT2D eigenvalue weighted by molar-refractivity contribution is -0.123. The van der Waals surface area contributed by atoms with Crippen molar-refractivity contribution in [3.63, 3.8) is 0 Å². The molecular weight excluding hydrogens is 292 g/mol. The molecule has 7 heteroatoms. The minimum absolute atomic E-state index is 0.0750. The molecule has 0 aliphatic carbocycles. The molecule has 1 aromatic carbocycles. The molecule has 0 aromatic heterocycles.